The molecule has 1 unspecified atom stereocenters. The van der Waals surface area contributed by atoms with Crippen LogP contribution in [0.3, 0.4) is 0 Å². The van der Waals surface area contributed by atoms with Gasteiger partial charge in [-0.25, -0.2) is 0 Å². The van der Waals surface area contributed by atoms with Gasteiger partial charge in [0.15, 0.2) is 5.96 Å². The minimum absolute atomic E-state index is 0. The second kappa shape index (κ2) is 12.4. The lowest BCUT2D eigenvalue weighted by Gasteiger charge is -2.23. The molecule has 10 heteroatoms. The second-order valence-electron chi connectivity index (χ2n) is 6.59. The van der Waals surface area contributed by atoms with E-state index in [1.54, 1.807) is 14.2 Å². The lowest BCUT2D eigenvalue weighted by Crippen LogP contribution is -2.40. The van der Waals surface area contributed by atoms with Crippen LogP contribution in [0.25, 0.3) is 0 Å². The number of likely N-dealkylation sites (tertiary alicyclic amines) is 1. The summed E-state index contributed by atoms with van der Waals surface area (Å²) in [6, 6.07) is 3.97. The second-order valence-corrected chi connectivity index (χ2v) is 6.59. The Morgan fingerprint density at radius 2 is 2.03 bits per heavy atom. The maximum atomic E-state index is 13.3. The molecule has 1 aromatic rings. The summed E-state index contributed by atoms with van der Waals surface area (Å²) in [6.45, 7) is 3.30. The van der Waals surface area contributed by atoms with E-state index in [-0.39, 0.29) is 41.8 Å². The first-order chi connectivity index (χ1) is 13.4. The molecule has 29 heavy (non-hydrogen) atoms. The first-order valence-corrected chi connectivity index (χ1v) is 9.15. The van der Waals surface area contributed by atoms with Crippen molar-refractivity contribution in [3.8, 4) is 5.75 Å². The van der Waals surface area contributed by atoms with Crippen LogP contribution in [0, 0.1) is 5.92 Å². The molecule has 0 radical (unpaired) electrons. The summed E-state index contributed by atoms with van der Waals surface area (Å²) >= 11 is 0. The molecule has 1 fully saturated rings. The van der Waals surface area contributed by atoms with Crippen molar-refractivity contribution in [2.45, 2.75) is 19.1 Å². The fraction of sp³-hybridized carbons (Fsp3) is 0.632. The molecule has 1 aliphatic heterocycles. The van der Waals surface area contributed by atoms with E-state index < -0.39 is 11.7 Å². The summed E-state index contributed by atoms with van der Waals surface area (Å²) in [5.74, 6) is 1.13. The van der Waals surface area contributed by atoms with Gasteiger partial charge >= 0.3 is 6.18 Å². The molecule has 1 saturated heterocycles. The molecule has 1 atom stereocenters. The van der Waals surface area contributed by atoms with Gasteiger partial charge in [0, 0.05) is 39.7 Å². The van der Waals surface area contributed by atoms with Crippen LogP contribution >= 0.6 is 24.0 Å². The standard InChI is InChI=1S/C19H28F3N3O3.HI/c1-23-18(25-7-6-14(12-25)13-28-9-8-26-2)24-11-15-4-5-16(27-3)10-17(15)19(20,21)22;/h4-5,10,14H,6-9,11-13H2,1-3H3,(H,23,24);1H. The molecule has 1 N–H and O–H groups in total. The molecule has 6 nitrogen and oxygen atoms in total. The molecule has 0 bridgehead atoms. The van der Waals surface area contributed by atoms with Gasteiger partial charge in [-0.1, -0.05) is 6.07 Å². The van der Waals surface area contributed by atoms with Crippen LogP contribution in [0.15, 0.2) is 23.2 Å². The van der Waals surface area contributed by atoms with Crippen LogP contribution in [0.2, 0.25) is 0 Å². The summed E-state index contributed by atoms with van der Waals surface area (Å²) in [4.78, 5) is 6.26. The SMILES string of the molecule is CN=C(NCc1ccc(OC)cc1C(F)(F)F)N1CCC(COCCOC)C1.I. The highest BCUT2D eigenvalue weighted by molar-refractivity contribution is 14.0. The largest absolute Gasteiger partial charge is 0.497 e. The van der Waals surface area contributed by atoms with Crippen molar-refractivity contribution in [3.63, 3.8) is 0 Å². The van der Waals surface area contributed by atoms with E-state index in [1.807, 2.05) is 4.90 Å². The summed E-state index contributed by atoms with van der Waals surface area (Å²) in [7, 11) is 4.60. The van der Waals surface area contributed by atoms with Gasteiger partial charge in [-0.15, -0.1) is 24.0 Å². The third-order valence-electron chi connectivity index (χ3n) is 4.64. The molecule has 1 aliphatic rings. The van der Waals surface area contributed by atoms with Crippen molar-refractivity contribution in [1.82, 2.24) is 10.2 Å². The predicted molar refractivity (Wildman–Crippen MR) is 116 cm³/mol. The molecule has 0 aliphatic carbocycles. The number of halogens is 4. The zero-order chi connectivity index (χ0) is 20.6. The topological polar surface area (TPSA) is 55.3 Å². The smallest absolute Gasteiger partial charge is 0.416 e. The van der Waals surface area contributed by atoms with Crippen LogP contribution in [-0.2, 0) is 22.2 Å². The number of methoxy groups -OCH3 is 2. The van der Waals surface area contributed by atoms with E-state index in [0.29, 0.717) is 31.7 Å². The fourth-order valence-corrected chi connectivity index (χ4v) is 3.16. The molecule has 0 saturated carbocycles. The average Bonchev–Trinajstić information content (AvgIpc) is 3.14. The van der Waals surface area contributed by atoms with Crippen molar-refractivity contribution < 1.29 is 27.4 Å². The number of benzene rings is 1. The Kier molecular flexibility index (Phi) is 11.0. The Labute approximate surface area is 186 Å². The predicted octanol–water partition coefficient (Wildman–Crippen LogP) is 3.39. The minimum atomic E-state index is -4.45. The third kappa shape index (κ3) is 7.82. The minimum Gasteiger partial charge on any atom is -0.497 e. The molecule has 0 amide bonds. The Morgan fingerprint density at radius 3 is 2.66 bits per heavy atom. The third-order valence-corrected chi connectivity index (χ3v) is 4.64. The van der Waals surface area contributed by atoms with Gasteiger partial charge in [0.25, 0.3) is 0 Å². The molecular weight excluding hydrogens is 502 g/mol. The summed E-state index contributed by atoms with van der Waals surface area (Å²) in [6.07, 6.45) is -3.50. The number of aliphatic imine (C=N–C) groups is 1. The van der Waals surface area contributed by atoms with Gasteiger partial charge in [-0.05, 0) is 24.1 Å². The van der Waals surface area contributed by atoms with Gasteiger partial charge in [0.1, 0.15) is 5.75 Å². The van der Waals surface area contributed by atoms with Crippen LogP contribution < -0.4 is 10.1 Å². The number of hydrogen-bond donors (Lipinski definition) is 1. The van der Waals surface area contributed by atoms with Crippen LogP contribution in [0.1, 0.15) is 17.5 Å². The van der Waals surface area contributed by atoms with Gasteiger partial charge in [0.05, 0.1) is 32.5 Å². The zero-order valence-electron chi connectivity index (χ0n) is 16.9. The first kappa shape index (κ1) is 25.8. The maximum absolute atomic E-state index is 13.3. The van der Waals surface area contributed by atoms with Crippen molar-refractivity contribution in [3.05, 3.63) is 29.3 Å². The van der Waals surface area contributed by atoms with Crippen molar-refractivity contribution >= 4 is 29.9 Å². The first-order valence-electron chi connectivity index (χ1n) is 9.15. The maximum Gasteiger partial charge on any atom is 0.416 e. The Morgan fingerprint density at radius 1 is 1.28 bits per heavy atom. The highest BCUT2D eigenvalue weighted by Crippen LogP contribution is 2.34. The van der Waals surface area contributed by atoms with Crippen molar-refractivity contribution in [2.75, 3.05) is 54.2 Å². The van der Waals surface area contributed by atoms with Crippen molar-refractivity contribution in [2.24, 2.45) is 10.9 Å². The molecular formula is C19H29F3IN3O3. The van der Waals surface area contributed by atoms with Gasteiger partial charge in [-0.3, -0.25) is 4.99 Å². The van der Waals surface area contributed by atoms with E-state index in [9.17, 15) is 13.2 Å². The summed E-state index contributed by atoms with van der Waals surface area (Å²) < 4.78 is 55.5. The monoisotopic (exact) mass is 531 g/mol. The molecule has 166 valence electrons. The number of alkyl halides is 3. The molecule has 0 spiro atoms. The fourth-order valence-electron chi connectivity index (χ4n) is 3.16. The van der Waals surface area contributed by atoms with E-state index in [0.717, 1.165) is 25.6 Å². The Hall–Kier alpha value is -1.27. The number of guanidine groups is 1. The number of rotatable bonds is 8. The number of nitrogens with zero attached hydrogens (tertiary/aromatic N) is 2. The molecule has 0 aromatic heterocycles. The van der Waals surface area contributed by atoms with Crippen LogP contribution in [0.5, 0.6) is 5.75 Å². The van der Waals surface area contributed by atoms with Gasteiger partial charge < -0.3 is 24.4 Å². The zero-order valence-corrected chi connectivity index (χ0v) is 19.3. The molecule has 2 rings (SSSR count). The quantitative estimate of drug-likeness (QED) is 0.241. The summed E-state index contributed by atoms with van der Waals surface area (Å²) in [5, 5.41) is 3.05. The van der Waals surface area contributed by atoms with E-state index in [2.05, 4.69) is 10.3 Å². The lowest BCUT2D eigenvalue weighted by molar-refractivity contribution is -0.138. The van der Waals surface area contributed by atoms with Crippen LogP contribution in [0.4, 0.5) is 13.2 Å². The Balaban J connectivity index is 0.00000420. The highest BCUT2D eigenvalue weighted by atomic mass is 127. The Bertz CT molecular complexity index is 659. The number of ether oxygens (including phenoxy) is 3. The van der Waals surface area contributed by atoms with Gasteiger partial charge in [-0.2, -0.15) is 13.2 Å². The van der Waals surface area contributed by atoms with Gasteiger partial charge in [0.2, 0.25) is 0 Å². The van der Waals surface area contributed by atoms with Crippen LogP contribution in [-0.4, -0.2) is 65.0 Å². The molecule has 1 aromatic carbocycles. The normalized spacial score (nSPS) is 17.2. The average molecular weight is 531 g/mol. The van der Waals surface area contributed by atoms with E-state index >= 15 is 0 Å². The summed E-state index contributed by atoms with van der Waals surface area (Å²) in [5.41, 5.74) is -0.561. The van der Waals surface area contributed by atoms with Crippen molar-refractivity contribution in [1.29, 1.82) is 0 Å². The highest BCUT2D eigenvalue weighted by Gasteiger charge is 2.34. The number of nitrogens with one attached hydrogen (secondary N) is 1. The lowest BCUT2D eigenvalue weighted by atomic mass is 10.1. The van der Waals surface area contributed by atoms with E-state index in [1.165, 1.54) is 19.2 Å². The van der Waals surface area contributed by atoms with E-state index in [4.69, 9.17) is 14.2 Å². The number of hydrogen-bond acceptors (Lipinski definition) is 4. The molecule has 1 heterocycles.